The van der Waals surface area contributed by atoms with Crippen LogP contribution in [-0.2, 0) is 9.53 Å². The molecule has 0 saturated carbocycles. The van der Waals surface area contributed by atoms with Gasteiger partial charge in [0.15, 0.2) is 0 Å². The Kier molecular flexibility index (Phi) is 2.89. The Balaban J connectivity index is 3.32. The number of esters is 1. The van der Waals surface area contributed by atoms with E-state index >= 15 is 0 Å². The summed E-state index contributed by atoms with van der Waals surface area (Å²) in [6.45, 7) is 1.18. The van der Waals surface area contributed by atoms with Crippen molar-refractivity contribution in [1.29, 1.82) is 0 Å². The maximum Gasteiger partial charge on any atom is 0.374 e. The number of carbonyl (C=O) groups excluding carboxylic acids is 2. The highest BCUT2D eigenvalue weighted by Crippen LogP contribution is 1.89. The zero-order valence-electron chi connectivity index (χ0n) is 3.60. The molecule has 0 atom stereocenters. The van der Waals surface area contributed by atoms with Crippen LogP contribution < -0.4 is 0 Å². The minimum absolute atomic E-state index is 0.570. The molecule has 0 N–H and O–H groups in total. The van der Waals surface area contributed by atoms with Gasteiger partial charge in [-0.3, -0.25) is 4.79 Å². The Hall–Kier alpha value is -0.130. The van der Waals surface area contributed by atoms with Gasteiger partial charge in [-0.2, -0.15) is 0 Å². The first-order valence-electron chi connectivity index (χ1n) is 1.51. The minimum atomic E-state index is -0.592. The summed E-state index contributed by atoms with van der Waals surface area (Å²) < 4.78 is 3.37. The molecule has 0 unspecified atom stereocenters. The van der Waals surface area contributed by atoms with Gasteiger partial charge >= 0.3 is 9.95 Å². The molecule has 0 spiro atoms. The van der Waals surface area contributed by atoms with Gasteiger partial charge in [0.25, 0.3) is 0 Å². The summed E-state index contributed by atoms with van der Waals surface area (Å²) in [5.74, 6) is -0.570. The van der Waals surface area contributed by atoms with Crippen molar-refractivity contribution in [3.05, 3.63) is 0 Å². The van der Waals surface area contributed by atoms with Crippen molar-refractivity contribution in [3.63, 3.8) is 0 Å². The zero-order chi connectivity index (χ0) is 5.86. The van der Waals surface area contributed by atoms with Crippen LogP contribution in [-0.4, -0.2) is 9.95 Å². The number of hydrogen-bond acceptors (Lipinski definition) is 3. The molecule has 0 aliphatic carbocycles. The average Bonchev–Trinajstić information content (AvgIpc) is 1.27. The first-order valence-corrected chi connectivity index (χ1v) is 2.58. The molecular formula is C3H3IO3. The van der Waals surface area contributed by atoms with Crippen molar-refractivity contribution >= 4 is 32.5 Å². The lowest BCUT2D eigenvalue weighted by molar-refractivity contribution is -0.133. The predicted molar refractivity (Wildman–Crippen MR) is 31.2 cm³/mol. The van der Waals surface area contributed by atoms with Crippen LogP contribution in [0.1, 0.15) is 6.92 Å². The fourth-order valence-electron chi connectivity index (χ4n) is 0.113. The van der Waals surface area contributed by atoms with E-state index < -0.39 is 9.95 Å². The van der Waals surface area contributed by atoms with Crippen molar-refractivity contribution in [2.75, 3.05) is 0 Å². The van der Waals surface area contributed by atoms with E-state index in [2.05, 4.69) is 4.74 Å². The van der Waals surface area contributed by atoms with Crippen LogP contribution in [0.4, 0.5) is 4.79 Å². The van der Waals surface area contributed by atoms with Crippen LogP contribution in [0.25, 0.3) is 0 Å². The molecule has 0 aromatic rings. The van der Waals surface area contributed by atoms with E-state index in [-0.39, 0.29) is 0 Å². The molecule has 0 bridgehead atoms. The molecule has 0 radical (unpaired) electrons. The number of halogens is 1. The Labute approximate surface area is 54.2 Å². The Morgan fingerprint density at radius 3 is 2.00 bits per heavy atom. The van der Waals surface area contributed by atoms with E-state index in [4.69, 9.17) is 0 Å². The third kappa shape index (κ3) is 5.87. The van der Waals surface area contributed by atoms with Crippen LogP contribution in [0, 0.1) is 0 Å². The molecule has 3 nitrogen and oxygen atoms in total. The maximum absolute atomic E-state index is 9.81. The lowest BCUT2D eigenvalue weighted by atomic mass is 10.8. The average molecular weight is 214 g/mol. The molecule has 4 heteroatoms. The Bertz CT molecular complexity index is 86.4. The molecule has 0 aliphatic rings. The standard InChI is InChI=1S/C3H3IO3/c1-2(5)7-3(4)6/h1H3. The topological polar surface area (TPSA) is 43.4 Å². The largest absolute Gasteiger partial charge is 0.386 e. The SMILES string of the molecule is CC(=O)OC(=O)I. The van der Waals surface area contributed by atoms with Gasteiger partial charge in [-0.15, -0.1) is 0 Å². The Morgan fingerprint density at radius 2 is 2.00 bits per heavy atom. The zero-order valence-corrected chi connectivity index (χ0v) is 5.76. The van der Waals surface area contributed by atoms with E-state index in [1.165, 1.54) is 29.5 Å². The molecule has 0 aromatic carbocycles. The molecule has 0 saturated heterocycles. The van der Waals surface area contributed by atoms with Gasteiger partial charge < -0.3 is 4.74 Å². The van der Waals surface area contributed by atoms with Crippen molar-refractivity contribution in [2.24, 2.45) is 0 Å². The fourth-order valence-corrected chi connectivity index (χ4v) is 0.423. The number of carbonyl (C=O) groups is 2. The van der Waals surface area contributed by atoms with Crippen molar-refractivity contribution in [2.45, 2.75) is 6.92 Å². The van der Waals surface area contributed by atoms with Gasteiger partial charge in [-0.25, -0.2) is 4.79 Å². The van der Waals surface area contributed by atoms with Gasteiger partial charge in [0, 0.05) is 6.92 Å². The molecule has 0 fully saturated rings. The lowest BCUT2D eigenvalue weighted by Gasteiger charge is -1.85. The number of hydrogen-bond donors (Lipinski definition) is 0. The molecule has 0 aliphatic heterocycles. The van der Waals surface area contributed by atoms with Gasteiger partial charge in [-0.05, 0) is 0 Å². The van der Waals surface area contributed by atoms with Crippen molar-refractivity contribution in [1.82, 2.24) is 0 Å². The molecular weight excluding hydrogens is 211 g/mol. The second-order valence-electron chi connectivity index (χ2n) is 0.831. The number of ether oxygens (including phenoxy) is 1. The number of rotatable bonds is 0. The summed E-state index contributed by atoms with van der Waals surface area (Å²) in [6, 6.07) is 0. The van der Waals surface area contributed by atoms with Crippen LogP contribution in [0.15, 0.2) is 0 Å². The molecule has 40 valence electrons. The predicted octanol–water partition coefficient (Wildman–Crippen LogP) is 1.10. The summed E-state index contributed by atoms with van der Waals surface area (Å²) in [5.41, 5.74) is 0. The quantitative estimate of drug-likeness (QED) is 0.262. The molecule has 0 aromatic heterocycles. The third-order valence-corrected chi connectivity index (χ3v) is 0.444. The monoisotopic (exact) mass is 214 g/mol. The summed E-state index contributed by atoms with van der Waals surface area (Å²) in [4.78, 5) is 19.6. The highest BCUT2D eigenvalue weighted by Gasteiger charge is 1.95. The van der Waals surface area contributed by atoms with Gasteiger partial charge in [-0.1, -0.05) is 0 Å². The Morgan fingerprint density at radius 1 is 1.57 bits per heavy atom. The molecule has 0 amide bonds. The van der Waals surface area contributed by atoms with Crippen LogP contribution in [0.5, 0.6) is 0 Å². The fraction of sp³-hybridized carbons (Fsp3) is 0.333. The molecule has 0 rings (SSSR count). The second-order valence-corrected chi connectivity index (χ2v) is 1.71. The normalized spacial score (nSPS) is 7.71. The van der Waals surface area contributed by atoms with Crippen LogP contribution in [0.3, 0.4) is 0 Å². The highest BCUT2D eigenvalue weighted by molar-refractivity contribution is 14.1. The summed E-state index contributed by atoms with van der Waals surface area (Å²) >= 11 is 1.38. The highest BCUT2D eigenvalue weighted by atomic mass is 127. The van der Waals surface area contributed by atoms with E-state index in [1.807, 2.05) is 0 Å². The van der Waals surface area contributed by atoms with Gasteiger partial charge in [0.1, 0.15) is 0 Å². The van der Waals surface area contributed by atoms with E-state index in [1.54, 1.807) is 0 Å². The lowest BCUT2D eigenvalue weighted by Crippen LogP contribution is -1.98. The summed E-state index contributed by atoms with van der Waals surface area (Å²) in [6.07, 6.45) is 0. The van der Waals surface area contributed by atoms with E-state index in [9.17, 15) is 9.59 Å². The summed E-state index contributed by atoms with van der Waals surface area (Å²) in [5, 5.41) is 0. The van der Waals surface area contributed by atoms with Gasteiger partial charge in [0.05, 0.1) is 22.6 Å². The smallest absolute Gasteiger partial charge is 0.374 e. The molecule has 0 heterocycles. The van der Waals surface area contributed by atoms with E-state index in [0.717, 1.165) is 0 Å². The van der Waals surface area contributed by atoms with Crippen LogP contribution >= 0.6 is 22.6 Å². The maximum atomic E-state index is 9.81. The summed E-state index contributed by atoms with van der Waals surface area (Å²) in [7, 11) is 0. The second kappa shape index (κ2) is 2.95. The van der Waals surface area contributed by atoms with Crippen LogP contribution in [0.2, 0.25) is 0 Å². The van der Waals surface area contributed by atoms with Crippen molar-refractivity contribution < 1.29 is 14.3 Å². The third-order valence-electron chi connectivity index (χ3n) is 0.224. The van der Waals surface area contributed by atoms with Gasteiger partial charge in [0.2, 0.25) is 0 Å². The first kappa shape index (κ1) is 6.87. The molecule has 7 heavy (non-hydrogen) atoms. The minimum Gasteiger partial charge on any atom is -0.386 e. The van der Waals surface area contributed by atoms with E-state index in [0.29, 0.717) is 0 Å². The van der Waals surface area contributed by atoms with Crippen molar-refractivity contribution in [3.8, 4) is 0 Å². The first-order chi connectivity index (χ1) is 3.13.